The van der Waals surface area contributed by atoms with Crippen molar-refractivity contribution in [1.82, 2.24) is 4.90 Å². The summed E-state index contributed by atoms with van der Waals surface area (Å²) in [5, 5.41) is 23.3. The zero-order valence-corrected chi connectivity index (χ0v) is 19.6. The molecule has 2 aromatic carbocycles. The maximum Gasteiger partial charge on any atom is 0.165 e. The van der Waals surface area contributed by atoms with Gasteiger partial charge in [0.1, 0.15) is 6.10 Å². The lowest BCUT2D eigenvalue weighted by molar-refractivity contribution is -0.217. The number of nitrogens with two attached hydrogens (primary N) is 1. The lowest BCUT2D eigenvalue weighted by Crippen LogP contribution is -2.77. The molecule has 4 N–H and O–H groups in total. The van der Waals surface area contributed by atoms with Crippen LogP contribution in [0.15, 0.2) is 36.4 Å². The molecule has 3 aliphatic carbocycles. The average molecular weight is 463 g/mol. The van der Waals surface area contributed by atoms with Crippen LogP contribution in [-0.2, 0) is 29.7 Å². The Bertz CT molecular complexity index is 1130. The normalized spacial score (nSPS) is 35.6. The Hall–Kier alpha value is -2.12. The van der Waals surface area contributed by atoms with Gasteiger partial charge in [-0.1, -0.05) is 30.3 Å². The Morgan fingerprint density at radius 1 is 1.09 bits per heavy atom. The molecule has 180 valence electrons. The van der Waals surface area contributed by atoms with E-state index < -0.39 is 11.0 Å². The minimum atomic E-state index is -0.869. The Balaban J connectivity index is 1.27. The first-order valence-corrected chi connectivity index (χ1v) is 12.9. The van der Waals surface area contributed by atoms with E-state index in [0.717, 1.165) is 55.0 Å². The van der Waals surface area contributed by atoms with E-state index in [2.05, 4.69) is 17.0 Å². The molecule has 2 aromatic rings. The number of benzene rings is 2. The molecule has 6 heteroatoms. The number of piperidine rings is 1. The van der Waals surface area contributed by atoms with Gasteiger partial charge in [0, 0.05) is 24.7 Å². The summed E-state index contributed by atoms with van der Waals surface area (Å²) in [6, 6.07) is 12.0. The van der Waals surface area contributed by atoms with E-state index in [0.29, 0.717) is 25.3 Å². The number of phenolic OH excluding ortho intramolecular Hbond substituents is 1. The van der Waals surface area contributed by atoms with Crippen LogP contribution in [0.25, 0.3) is 0 Å². The second-order valence-electron chi connectivity index (χ2n) is 11.2. The van der Waals surface area contributed by atoms with Gasteiger partial charge in [0.25, 0.3) is 0 Å². The predicted molar refractivity (Wildman–Crippen MR) is 128 cm³/mol. The lowest BCUT2D eigenvalue weighted by Gasteiger charge is -2.64. The molecular formula is C28H34N2O4. The molecule has 0 aromatic heterocycles. The molecule has 2 aliphatic heterocycles. The van der Waals surface area contributed by atoms with Crippen LogP contribution in [0.4, 0.5) is 0 Å². The van der Waals surface area contributed by atoms with Crippen molar-refractivity contribution < 1.29 is 19.7 Å². The summed E-state index contributed by atoms with van der Waals surface area (Å²) >= 11 is 0. The smallest absolute Gasteiger partial charge is 0.165 e. The van der Waals surface area contributed by atoms with Crippen LogP contribution in [0.5, 0.6) is 11.5 Å². The SMILES string of the molecule is NCc1ccccc1CO[C@@H]1CC[C@@]2(O)[C@H]3Cc4ccc(O)c5c4[C@@]2(CCN3CC2CC2)[C@H]1O5. The second-order valence-corrected chi connectivity index (χ2v) is 11.2. The predicted octanol–water partition coefficient (Wildman–Crippen LogP) is 3.00. The van der Waals surface area contributed by atoms with Crippen molar-refractivity contribution >= 4 is 0 Å². The van der Waals surface area contributed by atoms with Gasteiger partial charge < -0.3 is 25.4 Å². The Kier molecular flexibility index (Phi) is 4.64. The number of hydrogen-bond acceptors (Lipinski definition) is 6. The molecule has 34 heavy (non-hydrogen) atoms. The third-order valence-electron chi connectivity index (χ3n) is 9.50. The molecule has 0 amide bonds. The molecule has 0 radical (unpaired) electrons. The summed E-state index contributed by atoms with van der Waals surface area (Å²) in [7, 11) is 0. The van der Waals surface area contributed by atoms with Crippen molar-refractivity contribution in [3.8, 4) is 11.5 Å². The summed E-state index contributed by atoms with van der Waals surface area (Å²) in [6.45, 7) is 3.00. The van der Waals surface area contributed by atoms with Gasteiger partial charge in [-0.3, -0.25) is 4.90 Å². The fourth-order valence-corrected chi connectivity index (χ4v) is 7.70. The number of aliphatic hydroxyl groups is 1. The first kappa shape index (κ1) is 21.2. The number of hydrogen-bond donors (Lipinski definition) is 3. The van der Waals surface area contributed by atoms with E-state index in [9.17, 15) is 10.2 Å². The average Bonchev–Trinajstić information content (AvgIpc) is 3.59. The van der Waals surface area contributed by atoms with Gasteiger partial charge in [-0.15, -0.1) is 0 Å². The molecule has 2 heterocycles. The van der Waals surface area contributed by atoms with Crippen LogP contribution in [0, 0.1) is 5.92 Å². The Labute approximate surface area is 200 Å². The van der Waals surface area contributed by atoms with E-state index in [4.69, 9.17) is 15.2 Å². The third kappa shape index (κ3) is 2.77. The van der Waals surface area contributed by atoms with E-state index in [1.54, 1.807) is 6.07 Å². The second kappa shape index (κ2) is 7.44. The summed E-state index contributed by atoms with van der Waals surface area (Å²) in [4.78, 5) is 2.56. The minimum Gasteiger partial charge on any atom is -0.504 e. The highest BCUT2D eigenvalue weighted by Crippen LogP contribution is 2.65. The molecule has 6 nitrogen and oxygen atoms in total. The number of likely N-dealkylation sites (tertiary alicyclic amines) is 1. The molecule has 3 fully saturated rings. The zero-order chi connectivity index (χ0) is 23.1. The van der Waals surface area contributed by atoms with Gasteiger partial charge in [0.05, 0.1) is 23.7 Å². The monoisotopic (exact) mass is 462 g/mol. The number of rotatable bonds is 6. The standard InChI is InChI=1S/C28H34N2O4/c29-14-19-3-1-2-4-20(19)16-33-22-9-10-28(32)23-13-18-7-8-21(31)25-24(18)27(28,26(22)34-25)11-12-30(23)15-17-5-6-17/h1-4,7-8,17,22-23,26,31-32H,5-6,9-16,29H2/t22-,23-,26+,27+,28-/m1/s1. The van der Waals surface area contributed by atoms with Crippen LogP contribution in [-0.4, -0.2) is 52.1 Å². The topological polar surface area (TPSA) is 88.2 Å². The van der Waals surface area contributed by atoms with E-state index in [1.807, 2.05) is 18.2 Å². The van der Waals surface area contributed by atoms with Gasteiger partial charge in [0.15, 0.2) is 11.5 Å². The van der Waals surface area contributed by atoms with Crippen LogP contribution >= 0.6 is 0 Å². The molecule has 5 atom stereocenters. The van der Waals surface area contributed by atoms with E-state index in [-0.39, 0.29) is 24.0 Å². The number of nitrogens with zero attached hydrogens (tertiary/aromatic N) is 1. The van der Waals surface area contributed by atoms with Crippen molar-refractivity contribution in [3.63, 3.8) is 0 Å². The van der Waals surface area contributed by atoms with Gasteiger partial charge in [0.2, 0.25) is 0 Å². The first-order chi connectivity index (χ1) is 16.5. The molecular weight excluding hydrogens is 428 g/mol. The van der Waals surface area contributed by atoms with E-state index >= 15 is 0 Å². The van der Waals surface area contributed by atoms with Crippen molar-refractivity contribution in [2.24, 2.45) is 11.7 Å². The van der Waals surface area contributed by atoms with Crippen molar-refractivity contribution in [2.45, 2.75) is 80.9 Å². The third-order valence-corrected chi connectivity index (χ3v) is 9.50. The first-order valence-electron chi connectivity index (χ1n) is 12.9. The molecule has 2 saturated carbocycles. The summed E-state index contributed by atoms with van der Waals surface area (Å²) in [5.41, 5.74) is 9.02. The molecule has 1 spiro atoms. The van der Waals surface area contributed by atoms with E-state index in [1.165, 1.54) is 18.4 Å². The van der Waals surface area contributed by atoms with Crippen molar-refractivity contribution in [3.05, 3.63) is 58.7 Å². The quantitative estimate of drug-likeness (QED) is 0.612. The largest absolute Gasteiger partial charge is 0.504 e. The number of phenols is 1. The van der Waals surface area contributed by atoms with Gasteiger partial charge in [-0.2, -0.15) is 0 Å². The van der Waals surface area contributed by atoms with Crippen LogP contribution in [0.2, 0.25) is 0 Å². The van der Waals surface area contributed by atoms with Gasteiger partial charge >= 0.3 is 0 Å². The summed E-state index contributed by atoms with van der Waals surface area (Å²) in [5.74, 6) is 1.54. The fourth-order valence-electron chi connectivity index (χ4n) is 7.70. The molecule has 7 rings (SSSR count). The highest BCUT2D eigenvalue weighted by Gasteiger charge is 2.73. The summed E-state index contributed by atoms with van der Waals surface area (Å²) in [6.07, 6.45) is 5.26. The number of aromatic hydroxyl groups is 1. The maximum atomic E-state index is 12.5. The van der Waals surface area contributed by atoms with Gasteiger partial charge in [-0.05, 0) is 73.7 Å². The molecule has 0 unspecified atom stereocenters. The van der Waals surface area contributed by atoms with Crippen LogP contribution in [0.1, 0.15) is 54.4 Å². The van der Waals surface area contributed by atoms with Crippen LogP contribution < -0.4 is 10.5 Å². The minimum absolute atomic E-state index is 0.0925. The Morgan fingerprint density at radius 2 is 1.91 bits per heavy atom. The summed E-state index contributed by atoms with van der Waals surface area (Å²) < 4.78 is 13.1. The fraction of sp³-hybridized carbons (Fsp3) is 0.571. The van der Waals surface area contributed by atoms with Crippen molar-refractivity contribution in [2.75, 3.05) is 13.1 Å². The zero-order valence-electron chi connectivity index (χ0n) is 19.6. The van der Waals surface area contributed by atoms with Crippen molar-refractivity contribution in [1.29, 1.82) is 0 Å². The molecule has 1 saturated heterocycles. The highest BCUT2D eigenvalue weighted by atomic mass is 16.6. The molecule has 2 bridgehead atoms. The Morgan fingerprint density at radius 3 is 2.71 bits per heavy atom. The van der Waals surface area contributed by atoms with Crippen LogP contribution in [0.3, 0.4) is 0 Å². The maximum absolute atomic E-state index is 12.5. The lowest BCUT2D eigenvalue weighted by atomic mass is 9.48. The molecule has 5 aliphatic rings. The highest BCUT2D eigenvalue weighted by molar-refractivity contribution is 5.62. The van der Waals surface area contributed by atoms with Gasteiger partial charge in [-0.25, -0.2) is 0 Å². The number of ether oxygens (including phenoxy) is 2.